The number of halogens is 3. The molecule has 1 amide bonds. The molecule has 0 bridgehead atoms. The zero-order valence-corrected chi connectivity index (χ0v) is 26.4. The van der Waals surface area contributed by atoms with E-state index in [0.717, 1.165) is 42.8 Å². The van der Waals surface area contributed by atoms with Gasteiger partial charge in [0, 0.05) is 43.2 Å². The molecule has 1 N–H and O–H groups in total. The number of carbonyl (C=O) groups excluding carboxylic acids is 1. The molecule has 4 heterocycles. The second kappa shape index (κ2) is 12.8. The van der Waals surface area contributed by atoms with Crippen molar-refractivity contribution in [1.29, 1.82) is 0 Å². The largest absolute Gasteiger partial charge is 0.494 e. The van der Waals surface area contributed by atoms with Gasteiger partial charge in [-0.2, -0.15) is 5.10 Å². The van der Waals surface area contributed by atoms with Crippen LogP contribution in [0.1, 0.15) is 79.8 Å². The van der Waals surface area contributed by atoms with Crippen LogP contribution in [0.3, 0.4) is 0 Å². The molecule has 10 nitrogen and oxygen atoms in total. The number of rotatable bonds is 9. The van der Waals surface area contributed by atoms with Crippen molar-refractivity contribution < 1.29 is 27.4 Å². The number of nitrogens with one attached hydrogen (secondary N) is 1. The van der Waals surface area contributed by atoms with Crippen LogP contribution < -0.4 is 14.8 Å². The van der Waals surface area contributed by atoms with Crippen molar-refractivity contribution in [2.24, 2.45) is 0 Å². The first-order valence-corrected chi connectivity index (χ1v) is 15.6. The zero-order valence-electron chi connectivity index (χ0n) is 26.4. The van der Waals surface area contributed by atoms with Crippen LogP contribution in [0.25, 0.3) is 5.69 Å². The van der Waals surface area contributed by atoms with E-state index in [1.54, 1.807) is 10.7 Å². The number of amides is 1. The van der Waals surface area contributed by atoms with Crippen molar-refractivity contribution in [3.8, 4) is 17.2 Å². The molecule has 46 heavy (non-hydrogen) atoms. The normalized spacial score (nSPS) is 19.4. The van der Waals surface area contributed by atoms with Gasteiger partial charge in [0.25, 0.3) is 5.91 Å². The summed E-state index contributed by atoms with van der Waals surface area (Å²) in [4.78, 5) is 15.7. The van der Waals surface area contributed by atoms with Gasteiger partial charge in [0.2, 0.25) is 0 Å². The summed E-state index contributed by atoms with van der Waals surface area (Å²) in [6, 6.07) is 6.20. The molecule has 0 spiro atoms. The van der Waals surface area contributed by atoms with Crippen LogP contribution >= 0.6 is 0 Å². The first-order chi connectivity index (χ1) is 22.0. The van der Waals surface area contributed by atoms with Crippen molar-refractivity contribution in [1.82, 2.24) is 35.0 Å². The van der Waals surface area contributed by atoms with E-state index >= 15 is 0 Å². The fourth-order valence-electron chi connectivity index (χ4n) is 6.46. The molecule has 1 unspecified atom stereocenters. The molecule has 2 aliphatic rings. The number of likely N-dealkylation sites (tertiary alicyclic amines) is 1. The smallest absolute Gasteiger partial charge is 0.255 e. The van der Waals surface area contributed by atoms with Gasteiger partial charge in [-0.15, -0.1) is 5.10 Å². The Morgan fingerprint density at radius 1 is 1.17 bits per heavy atom. The summed E-state index contributed by atoms with van der Waals surface area (Å²) in [6.07, 6.45) is 6.71. The Labute approximate surface area is 265 Å². The summed E-state index contributed by atoms with van der Waals surface area (Å²) in [5, 5.41) is 16.2. The van der Waals surface area contributed by atoms with Gasteiger partial charge in [0.05, 0.1) is 42.5 Å². The molecule has 1 saturated heterocycles. The maximum atomic E-state index is 14.9. The number of nitrogens with zero attached hydrogens (tertiary/aromatic N) is 6. The highest BCUT2D eigenvalue weighted by atomic mass is 19.1. The first-order valence-electron chi connectivity index (χ1n) is 15.6. The molecule has 4 aromatic rings. The number of piperidine rings is 1. The molecule has 2 atom stereocenters. The SMILES string of the molecule is CCCc1c(C(=O)NC2CCCN(Cc3cn([C@H]4CC(C)(C)Oc5ccc(F)cc54)nn3)C2)cnn1-c1cc(F)c(OC)cc1F. The van der Waals surface area contributed by atoms with E-state index in [1.807, 2.05) is 27.0 Å². The highest BCUT2D eigenvalue weighted by Crippen LogP contribution is 2.41. The van der Waals surface area contributed by atoms with E-state index in [0.29, 0.717) is 49.4 Å². The Morgan fingerprint density at radius 2 is 2.00 bits per heavy atom. The Morgan fingerprint density at radius 3 is 2.78 bits per heavy atom. The molecule has 0 aliphatic carbocycles. The van der Waals surface area contributed by atoms with E-state index in [9.17, 15) is 18.0 Å². The van der Waals surface area contributed by atoms with Crippen molar-refractivity contribution in [2.75, 3.05) is 20.2 Å². The quantitative estimate of drug-likeness (QED) is 0.263. The van der Waals surface area contributed by atoms with Crippen molar-refractivity contribution in [2.45, 2.75) is 77.1 Å². The molecule has 13 heteroatoms. The van der Waals surface area contributed by atoms with Gasteiger partial charge in [-0.3, -0.25) is 9.69 Å². The lowest BCUT2D eigenvalue weighted by Crippen LogP contribution is -2.47. The second-order valence-corrected chi connectivity index (χ2v) is 12.6. The molecule has 2 aliphatic heterocycles. The van der Waals surface area contributed by atoms with Gasteiger partial charge in [-0.05, 0) is 57.9 Å². The predicted molar refractivity (Wildman–Crippen MR) is 164 cm³/mol. The summed E-state index contributed by atoms with van der Waals surface area (Å²) in [5.41, 5.74) is 1.80. The maximum Gasteiger partial charge on any atom is 0.255 e. The van der Waals surface area contributed by atoms with Gasteiger partial charge < -0.3 is 14.8 Å². The Bertz CT molecular complexity index is 1740. The fraction of sp³-hybridized carbons (Fsp3) is 0.455. The Kier molecular flexibility index (Phi) is 8.78. The van der Waals surface area contributed by atoms with Crippen LogP contribution in [0.2, 0.25) is 0 Å². The van der Waals surface area contributed by atoms with E-state index in [1.165, 1.54) is 30.1 Å². The lowest BCUT2D eigenvalue weighted by Gasteiger charge is -2.37. The monoisotopic (exact) mass is 637 g/mol. The minimum absolute atomic E-state index is 0.0874. The summed E-state index contributed by atoms with van der Waals surface area (Å²) < 4.78 is 57.5. The summed E-state index contributed by atoms with van der Waals surface area (Å²) in [7, 11) is 1.27. The van der Waals surface area contributed by atoms with Crippen molar-refractivity contribution in [3.05, 3.63) is 82.7 Å². The molecular weight excluding hydrogens is 599 g/mol. The third kappa shape index (κ3) is 6.46. The summed E-state index contributed by atoms with van der Waals surface area (Å²) >= 11 is 0. The number of carbonyl (C=O) groups is 1. The van der Waals surface area contributed by atoms with E-state index < -0.39 is 17.2 Å². The summed E-state index contributed by atoms with van der Waals surface area (Å²) in [6.45, 7) is 7.92. The molecule has 0 saturated carbocycles. The number of hydrogen-bond donors (Lipinski definition) is 1. The average Bonchev–Trinajstić information content (AvgIpc) is 3.65. The van der Waals surface area contributed by atoms with Crippen LogP contribution in [0.4, 0.5) is 13.2 Å². The summed E-state index contributed by atoms with van der Waals surface area (Å²) in [5.74, 6) is -1.63. The van der Waals surface area contributed by atoms with Crippen LogP contribution in [0.5, 0.6) is 11.5 Å². The van der Waals surface area contributed by atoms with Gasteiger partial charge in [0.15, 0.2) is 17.4 Å². The molecule has 1 fully saturated rings. The molecule has 0 radical (unpaired) electrons. The standard InChI is InChI=1S/C33H38F3N7O3/c1-5-7-27-24(16-37-43(27)28-13-26(36)31(45-4)14-25(28)35)32(44)38-21-8-6-11-41(17-21)18-22-19-42(40-39-22)29-15-33(2,3)46-30-10-9-20(34)12-23(29)30/h9-10,12-14,16,19,21,29H,5-8,11,15,17-18H2,1-4H3,(H,38,44)/t21?,29-/m0/s1. The molecule has 2 aromatic carbocycles. The number of ether oxygens (including phenoxy) is 2. The van der Waals surface area contributed by atoms with E-state index in [2.05, 4.69) is 25.6 Å². The third-order valence-corrected chi connectivity index (χ3v) is 8.56. The highest BCUT2D eigenvalue weighted by Gasteiger charge is 2.36. The third-order valence-electron chi connectivity index (χ3n) is 8.56. The van der Waals surface area contributed by atoms with Crippen LogP contribution in [0.15, 0.2) is 42.7 Å². The Balaban J connectivity index is 1.14. The first kappa shape index (κ1) is 31.6. The van der Waals surface area contributed by atoms with Gasteiger partial charge >= 0.3 is 0 Å². The van der Waals surface area contributed by atoms with Crippen LogP contribution in [-0.2, 0) is 13.0 Å². The molecule has 244 valence electrons. The van der Waals surface area contributed by atoms with Crippen LogP contribution in [-0.4, -0.2) is 67.4 Å². The highest BCUT2D eigenvalue weighted by molar-refractivity contribution is 5.95. The van der Waals surface area contributed by atoms with E-state index in [4.69, 9.17) is 9.47 Å². The topological polar surface area (TPSA) is 99.3 Å². The van der Waals surface area contributed by atoms with Gasteiger partial charge in [-0.1, -0.05) is 18.6 Å². The number of fused-ring (bicyclic) bond motifs is 1. The van der Waals surface area contributed by atoms with Gasteiger partial charge in [0.1, 0.15) is 22.9 Å². The van der Waals surface area contributed by atoms with Crippen molar-refractivity contribution in [3.63, 3.8) is 0 Å². The minimum Gasteiger partial charge on any atom is -0.494 e. The molecular formula is C33H38F3N7O3. The number of methoxy groups -OCH3 is 1. The van der Waals surface area contributed by atoms with Crippen LogP contribution in [0, 0.1) is 17.5 Å². The minimum atomic E-state index is -0.722. The van der Waals surface area contributed by atoms with Gasteiger partial charge in [-0.25, -0.2) is 22.5 Å². The number of benzene rings is 2. The number of aromatic nitrogens is 5. The zero-order chi connectivity index (χ0) is 32.6. The fourth-order valence-corrected chi connectivity index (χ4v) is 6.46. The molecule has 6 rings (SSSR count). The lowest BCUT2D eigenvalue weighted by atomic mass is 9.90. The lowest BCUT2D eigenvalue weighted by molar-refractivity contribution is 0.0641. The van der Waals surface area contributed by atoms with E-state index in [-0.39, 0.29) is 35.2 Å². The second-order valence-electron chi connectivity index (χ2n) is 12.6. The average molecular weight is 638 g/mol. The predicted octanol–water partition coefficient (Wildman–Crippen LogP) is 5.39. The molecule has 2 aromatic heterocycles. The maximum absolute atomic E-state index is 14.9. The number of hydrogen-bond acceptors (Lipinski definition) is 7. The van der Waals surface area contributed by atoms with Crippen molar-refractivity contribution >= 4 is 5.91 Å². The Hall–Kier alpha value is -4.39.